The number of rotatable bonds is 10. The van der Waals surface area contributed by atoms with Gasteiger partial charge in [-0.25, -0.2) is 23.3 Å². The Kier molecular flexibility index (Phi) is 9.70. The number of guanidine groups is 1. The number of nitrogens with two attached hydrogens (primary N) is 1. The minimum Gasteiger partial charge on any atom is -0.364 e. The second kappa shape index (κ2) is 12.2. The number of piperidine rings is 1. The van der Waals surface area contributed by atoms with Crippen LogP contribution in [0.25, 0.3) is 0 Å². The zero-order valence-corrected chi connectivity index (χ0v) is 19.7. The van der Waals surface area contributed by atoms with E-state index in [-0.39, 0.29) is 17.5 Å². The van der Waals surface area contributed by atoms with E-state index in [0.717, 1.165) is 0 Å². The molecule has 188 valence electrons. The maximum Gasteiger partial charge on any atom is 0.270 e. The summed E-state index contributed by atoms with van der Waals surface area (Å²) in [6.07, 6.45) is 0.285. The van der Waals surface area contributed by atoms with E-state index in [1.54, 1.807) is 25.1 Å². The Bertz CT molecular complexity index is 1000. The van der Waals surface area contributed by atoms with Crippen LogP contribution in [0.15, 0.2) is 40.3 Å². The summed E-state index contributed by atoms with van der Waals surface area (Å²) >= 11 is 0. The molecule has 0 saturated carbocycles. The third-order valence-corrected chi connectivity index (χ3v) is 6.37. The van der Waals surface area contributed by atoms with Gasteiger partial charge in [0, 0.05) is 13.2 Å². The van der Waals surface area contributed by atoms with Crippen molar-refractivity contribution in [1.29, 1.82) is 0 Å². The average molecular weight is 500 g/mol. The number of nitrogens with one attached hydrogen (secondary N) is 3. The van der Waals surface area contributed by atoms with Gasteiger partial charge in [0.15, 0.2) is 11.3 Å². The summed E-state index contributed by atoms with van der Waals surface area (Å²) < 4.78 is 32.3. The minimum atomic E-state index is -3.88. The quantitative estimate of drug-likeness (QED) is 0.134. The monoisotopic (exact) mass is 499 g/mol. The van der Waals surface area contributed by atoms with Crippen molar-refractivity contribution in [3.05, 3.63) is 40.4 Å². The Morgan fingerprint density at radius 3 is 2.65 bits per heavy atom. The van der Waals surface area contributed by atoms with Crippen LogP contribution in [-0.2, 0) is 24.3 Å². The summed E-state index contributed by atoms with van der Waals surface area (Å²) in [5, 5.41) is 18.1. The van der Waals surface area contributed by atoms with E-state index in [0.29, 0.717) is 19.4 Å². The fraction of sp³-hybridized carbons (Fsp3) is 0.526. The number of nitrogens with zero attached hydrogens (tertiary/aromatic N) is 3. The first-order valence-electron chi connectivity index (χ1n) is 10.6. The Hall–Kier alpha value is -3.30. The molecule has 1 heterocycles. The summed E-state index contributed by atoms with van der Waals surface area (Å²) in [6, 6.07) is 5.99. The minimum absolute atomic E-state index is 0.0114. The molecule has 2 unspecified atom stereocenters. The molecule has 1 fully saturated rings. The van der Waals surface area contributed by atoms with Gasteiger partial charge in [-0.3, -0.25) is 9.59 Å². The number of hydrazone groups is 1. The van der Waals surface area contributed by atoms with Crippen LogP contribution in [0, 0.1) is 10.1 Å². The molecule has 2 amide bonds. The molecular weight excluding hydrogens is 470 g/mol. The van der Waals surface area contributed by atoms with E-state index in [1.807, 2.05) is 0 Å². The van der Waals surface area contributed by atoms with Crippen LogP contribution in [-0.4, -0.2) is 74.1 Å². The van der Waals surface area contributed by atoms with Crippen molar-refractivity contribution in [2.75, 3.05) is 19.7 Å². The molecule has 1 aliphatic heterocycles. The Morgan fingerprint density at radius 1 is 1.35 bits per heavy atom. The van der Waals surface area contributed by atoms with Crippen molar-refractivity contribution in [2.24, 2.45) is 10.8 Å². The molecule has 1 aromatic rings. The van der Waals surface area contributed by atoms with Crippen molar-refractivity contribution in [3.8, 4) is 0 Å². The molecule has 0 aliphatic carbocycles. The van der Waals surface area contributed by atoms with E-state index >= 15 is 0 Å². The van der Waals surface area contributed by atoms with Gasteiger partial charge in [-0.05, 0) is 38.8 Å². The highest BCUT2D eigenvalue weighted by molar-refractivity contribution is 7.89. The average Bonchev–Trinajstić information content (AvgIpc) is 2.79. The van der Waals surface area contributed by atoms with Crippen LogP contribution in [0.4, 0.5) is 0 Å². The predicted molar refractivity (Wildman–Crippen MR) is 121 cm³/mol. The van der Waals surface area contributed by atoms with Gasteiger partial charge in [0.25, 0.3) is 5.96 Å². The highest BCUT2D eigenvalue weighted by Crippen LogP contribution is 2.19. The van der Waals surface area contributed by atoms with Crippen LogP contribution < -0.4 is 21.1 Å². The number of hydrogen-bond donors (Lipinski definition) is 4. The lowest BCUT2D eigenvalue weighted by molar-refractivity contribution is -0.486. The van der Waals surface area contributed by atoms with Crippen molar-refractivity contribution in [1.82, 2.24) is 20.3 Å². The summed E-state index contributed by atoms with van der Waals surface area (Å²) in [5.41, 5.74) is 5.73. The Morgan fingerprint density at radius 2 is 2.03 bits per heavy atom. The van der Waals surface area contributed by atoms with Gasteiger partial charge in [0.05, 0.1) is 17.5 Å². The molecule has 14 nitrogen and oxygen atoms in total. The first-order valence-corrected chi connectivity index (χ1v) is 12.0. The van der Waals surface area contributed by atoms with Gasteiger partial charge in [-0.1, -0.05) is 18.2 Å². The summed E-state index contributed by atoms with van der Waals surface area (Å²) in [4.78, 5) is 37.0. The number of nitro groups is 1. The number of amides is 2. The lowest BCUT2D eigenvalue weighted by Crippen LogP contribution is -2.61. The fourth-order valence-electron chi connectivity index (χ4n) is 3.38. The molecule has 5 N–H and O–H groups in total. The number of ether oxygens (including phenoxy) is 1. The van der Waals surface area contributed by atoms with E-state index < -0.39 is 51.7 Å². The van der Waals surface area contributed by atoms with E-state index in [1.165, 1.54) is 24.0 Å². The van der Waals surface area contributed by atoms with E-state index in [4.69, 9.17) is 10.5 Å². The van der Waals surface area contributed by atoms with Gasteiger partial charge < -0.3 is 26.0 Å². The van der Waals surface area contributed by atoms with Crippen LogP contribution in [0.3, 0.4) is 0 Å². The fourth-order valence-corrected chi connectivity index (χ4v) is 4.39. The number of carbonyl (C=O) groups excluding carboxylic acids is 2. The first-order chi connectivity index (χ1) is 16.0. The van der Waals surface area contributed by atoms with Crippen molar-refractivity contribution in [2.45, 2.75) is 49.9 Å². The highest BCUT2D eigenvalue weighted by atomic mass is 32.2. The number of likely N-dealkylation sites (tertiary alicyclic amines) is 1. The topological polar surface area (TPSA) is 198 Å². The smallest absolute Gasteiger partial charge is 0.270 e. The molecule has 0 bridgehead atoms. The van der Waals surface area contributed by atoms with Gasteiger partial charge in [0.1, 0.15) is 11.1 Å². The molecule has 3 atom stereocenters. The highest BCUT2D eigenvalue weighted by Gasteiger charge is 2.36. The Labute approximate surface area is 197 Å². The van der Waals surface area contributed by atoms with Crippen molar-refractivity contribution >= 4 is 27.8 Å². The van der Waals surface area contributed by atoms with Crippen LogP contribution in [0.5, 0.6) is 0 Å². The Balaban J connectivity index is 1.95. The third-order valence-electron chi connectivity index (χ3n) is 4.96. The molecule has 0 spiro atoms. The lowest BCUT2D eigenvalue weighted by Gasteiger charge is -2.41. The molecule has 0 aromatic heterocycles. The molecular formula is C19H29N7O7S. The third kappa shape index (κ3) is 7.64. The number of hydrogen-bond acceptors (Lipinski definition) is 7. The van der Waals surface area contributed by atoms with Crippen LogP contribution in [0.2, 0.25) is 0 Å². The van der Waals surface area contributed by atoms with Gasteiger partial charge in [0.2, 0.25) is 21.8 Å². The summed E-state index contributed by atoms with van der Waals surface area (Å²) in [5.74, 6) is -1.58. The largest absolute Gasteiger partial charge is 0.364 e. The van der Waals surface area contributed by atoms with E-state index in [2.05, 4.69) is 20.5 Å². The van der Waals surface area contributed by atoms with Gasteiger partial charge in [-0.15, -0.1) is 0 Å². The normalized spacial score (nSPS) is 19.8. The standard InChI is InChI=1S/C19H29N7O7S/c1-3-33-18-15(10-7-11-25(18)19(20)24-26(29)30)23-17(28)13(2)22-16(27)12-21-34(31,32)14-8-5-4-6-9-14/h4-6,8-9,13,15,18,21H,3,7,10-12H2,1-2H3,(H2,20,24)(H,22,27)(H,23,28)/t13-,15?,18?/m0/s1. The van der Waals surface area contributed by atoms with Crippen molar-refractivity contribution in [3.63, 3.8) is 0 Å². The second-order valence-electron chi connectivity index (χ2n) is 7.42. The second-order valence-corrected chi connectivity index (χ2v) is 9.19. The number of carbonyl (C=O) groups is 2. The van der Waals surface area contributed by atoms with Gasteiger partial charge in [-0.2, -0.15) is 0 Å². The maximum absolute atomic E-state index is 12.7. The first kappa shape index (κ1) is 26.9. The molecule has 1 saturated heterocycles. The molecule has 2 rings (SSSR count). The molecule has 0 radical (unpaired) electrons. The molecule has 34 heavy (non-hydrogen) atoms. The van der Waals surface area contributed by atoms with Crippen molar-refractivity contribution < 1.29 is 27.8 Å². The van der Waals surface area contributed by atoms with E-state index in [9.17, 15) is 28.1 Å². The van der Waals surface area contributed by atoms with Crippen LogP contribution >= 0.6 is 0 Å². The maximum atomic E-state index is 12.7. The summed E-state index contributed by atoms with van der Waals surface area (Å²) in [6.45, 7) is 3.23. The molecule has 15 heteroatoms. The molecule has 1 aromatic carbocycles. The number of sulfonamides is 1. The number of benzene rings is 1. The SMILES string of the molecule is CCOC1C(NC(=O)[C@H](C)NC(=O)CNS(=O)(=O)c2ccccc2)CCCN1/C(N)=N\[N+](=O)[O-]. The predicted octanol–water partition coefficient (Wildman–Crippen LogP) is -1.08. The lowest BCUT2D eigenvalue weighted by atomic mass is 10.0. The zero-order chi connectivity index (χ0) is 25.3. The van der Waals surface area contributed by atoms with Gasteiger partial charge >= 0.3 is 0 Å². The summed E-state index contributed by atoms with van der Waals surface area (Å²) in [7, 11) is -3.88. The molecule has 1 aliphatic rings. The zero-order valence-electron chi connectivity index (χ0n) is 18.8. The van der Waals surface area contributed by atoms with Crippen LogP contribution in [0.1, 0.15) is 26.7 Å².